The molecule has 0 fully saturated rings. The van der Waals surface area contributed by atoms with E-state index in [9.17, 15) is 0 Å². The van der Waals surface area contributed by atoms with Gasteiger partial charge in [0.1, 0.15) is 0 Å². The van der Waals surface area contributed by atoms with Crippen molar-refractivity contribution in [1.82, 2.24) is 0 Å². The van der Waals surface area contributed by atoms with E-state index >= 15 is 0 Å². The van der Waals surface area contributed by atoms with Gasteiger partial charge in [-0.2, -0.15) is 0 Å². The smallest absolute Gasteiger partial charge is 1.00 e. The molecule has 0 aliphatic heterocycles. The van der Waals surface area contributed by atoms with Gasteiger partial charge in [0.15, 0.2) is 0 Å². The Kier molecular flexibility index (Phi) is 108. The third-order valence-electron chi connectivity index (χ3n) is 0. The van der Waals surface area contributed by atoms with Crippen LogP contribution in [0.2, 0.25) is 0 Å². The van der Waals surface area contributed by atoms with Crippen molar-refractivity contribution < 1.29 is 106 Å². The Bertz CT molecular complexity index is 11.6. The molecule has 0 N–H and O–H groups in total. The third-order valence-corrected chi connectivity index (χ3v) is 0. The largest absolute Gasteiger partial charge is 1.00 e. The van der Waals surface area contributed by atoms with E-state index in [0.717, 1.165) is 0 Å². The molecule has 0 rings (SSSR count). The van der Waals surface area contributed by atoms with Crippen molar-refractivity contribution in [2.75, 3.05) is 0 Å². The van der Waals surface area contributed by atoms with Crippen molar-refractivity contribution >= 4 is 0 Å². The molecule has 0 aromatic heterocycles. The first-order chi connectivity index (χ1) is 0. The van der Waals surface area contributed by atoms with E-state index < -0.39 is 0 Å². The Morgan fingerprint density at radius 3 is 1.25 bits per heavy atom. The summed E-state index contributed by atoms with van der Waals surface area (Å²) in [6, 6.07) is 0. The van der Waals surface area contributed by atoms with Crippen LogP contribution in [0.5, 0.6) is 0 Å². The van der Waals surface area contributed by atoms with Crippen LogP contribution in [0, 0.1) is 0 Å². The van der Waals surface area contributed by atoms with Crippen LogP contribution in [-0.2, 0) is 53.6 Å². The molecule has 1 radical (unpaired) electrons. The molecule has 0 nitrogen and oxygen atoms in total. The predicted octanol–water partition coefficient (Wildman–Crippen LogP) is -2.89. The van der Waals surface area contributed by atoms with Gasteiger partial charge < -0.3 is 1.43 Å². The Morgan fingerprint density at radius 2 is 1.25 bits per heavy atom. The van der Waals surface area contributed by atoms with Crippen molar-refractivity contribution in [2.24, 2.45) is 0 Å². The van der Waals surface area contributed by atoms with Gasteiger partial charge in [-0.05, 0) is 0 Å². The van der Waals surface area contributed by atoms with E-state index in [1.165, 1.54) is 0 Å². The van der Waals surface area contributed by atoms with E-state index in [-0.39, 0.29) is 106 Å². The average molecular weight is 225 g/mol. The molecule has 4 heavy (non-hydrogen) atoms. The summed E-state index contributed by atoms with van der Waals surface area (Å²) >= 11 is 0. The van der Waals surface area contributed by atoms with Crippen molar-refractivity contribution in [2.45, 2.75) is 0 Å². The van der Waals surface area contributed by atoms with Gasteiger partial charge >= 0.3 is 51.4 Å². The molecule has 0 heterocycles. The molecule has 23 valence electrons. The fourth-order valence-electron chi connectivity index (χ4n) is 0. The van der Waals surface area contributed by atoms with Gasteiger partial charge in [-0.25, -0.2) is 0 Å². The average Bonchev–Trinajstić information content (AvgIpc) is 0. The third kappa shape index (κ3) is 9.00. The monoisotopic (exact) mass is 223 g/mol. The van der Waals surface area contributed by atoms with Crippen LogP contribution in [-0.4, -0.2) is 0 Å². The van der Waals surface area contributed by atoms with Crippen LogP contribution >= 0.6 is 0 Å². The predicted molar refractivity (Wildman–Crippen MR) is 1.11 cm³/mol. The molecular formula is HCuFeKZn. The minimum atomic E-state index is 0. The molecule has 0 aromatic rings. The molecule has 0 unspecified atom stereocenters. The molecule has 0 spiro atoms. The van der Waals surface area contributed by atoms with Gasteiger partial charge in [-0.1, -0.05) is 0 Å². The Hall–Kier alpha value is 3.30. The molecule has 0 amide bonds. The zero-order valence-electron chi connectivity index (χ0n) is 3.36. The number of hydrogen-bond donors (Lipinski definition) is 0. The van der Waals surface area contributed by atoms with Crippen LogP contribution < -0.4 is 51.4 Å². The van der Waals surface area contributed by atoms with Gasteiger partial charge in [0.2, 0.25) is 0 Å². The zero-order valence-corrected chi connectivity index (χ0v) is 10.5. The second-order valence-electron chi connectivity index (χ2n) is 0. The Balaban J connectivity index is 0. The van der Waals surface area contributed by atoms with E-state index in [0.29, 0.717) is 0 Å². The minimum absolute atomic E-state index is 0. The fraction of sp³-hybridized carbons (Fsp3) is 0. The summed E-state index contributed by atoms with van der Waals surface area (Å²) in [5.74, 6) is 0. The molecule has 0 aliphatic carbocycles. The van der Waals surface area contributed by atoms with Gasteiger partial charge in [0, 0.05) is 53.6 Å². The second-order valence-corrected chi connectivity index (χ2v) is 0. The first-order valence-corrected chi connectivity index (χ1v) is 0. The van der Waals surface area contributed by atoms with Crippen LogP contribution in [0.15, 0.2) is 0 Å². The molecule has 4 heteroatoms. The molecule has 0 aliphatic rings. The second kappa shape index (κ2) is 16.3. The van der Waals surface area contributed by atoms with E-state index in [1.54, 1.807) is 0 Å². The summed E-state index contributed by atoms with van der Waals surface area (Å²) in [5.41, 5.74) is 0. The van der Waals surface area contributed by atoms with Crippen molar-refractivity contribution in [3.05, 3.63) is 0 Å². The van der Waals surface area contributed by atoms with Crippen LogP contribution in [0.1, 0.15) is 1.43 Å². The van der Waals surface area contributed by atoms with Crippen LogP contribution in [0.4, 0.5) is 0 Å². The molecule has 0 bridgehead atoms. The summed E-state index contributed by atoms with van der Waals surface area (Å²) < 4.78 is 0. The van der Waals surface area contributed by atoms with Gasteiger partial charge in [-0.3, -0.25) is 0 Å². The molecule has 0 saturated carbocycles. The Morgan fingerprint density at radius 1 is 1.25 bits per heavy atom. The van der Waals surface area contributed by atoms with Gasteiger partial charge in [0.25, 0.3) is 0 Å². The summed E-state index contributed by atoms with van der Waals surface area (Å²) in [5, 5.41) is 0. The molecule has 0 aromatic carbocycles. The summed E-state index contributed by atoms with van der Waals surface area (Å²) in [6.45, 7) is 0. The topological polar surface area (TPSA) is 0 Å². The van der Waals surface area contributed by atoms with Crippen molar-refractivity contribution in [1.29, 1.82) is 0 Å². The summed E-state index contributed by atoms with van der Waals surface area (Å²) in [4.78, 5) is 0. The minimum Gasteiger partial charge on any atom is -1.00 e. The van der Waals surface area contributed by atoms with Gasteiger partial charge in [-0.15, -0.1) is 0 Å². The van der Waals surface area contributed by atoms with Crippen LogP contribution in [0.25, 0.3) is 0 Å². The molecule has 0 saturated heterocycles. The van der Waals surface area contributed by atoms with Crippen molar-refractivity contribution in [3.63, 3.8) is 0 Å². The maximum atomic E-state index is 0. The fourth-order valence-corrected chi connectivity index (χ4v) is 0. The first-order valence-electron chi connectivity index (χ1n) is 0. The molecule has 0 atom stereocenters. The standard InChI is InChI=1S/Cu.Fe.K.Zn.H/q;;+1;;-1. The number of hydrogen-bond acceptors (Lipinski definition) is 0. The van der Waals surface area contributed by atoms with E-state index in [4.69, 9.17) is 0 Å². The molecular weight excluding hydrogens is 224 g/mol. The maximum Gasteiger partial charge on any atom is 1.00 e. The SMILES string of the molecule is [Cu].[Fe].[H-].[K+].[Zn]. The Labute approximate surface area is 104 Å². The van der Waals surface area contributed by atoms with E-state index in [2.05, 4.69) is 0 Å². The normalized spacial score (nSPS) is 0. The quantitative estimate of drug-likeness (QED) is 0.388. The zero-order chi connectivity index (χ0) is 0. The van der Waals surface area contributed by atoms with E-state index in [1.807, 2.05) is 0 Å². The van der Waals surface area contributed by atoms with Gasteiger partial charge in [0.05, 0.1) is 0 Å². The maximum absolute atomic E-state index is 0. The summed E-state index contributed by atoms with van der Waals surface area (Å²) in [6.07, 6.45) is 0. The summed E-state index contributed by atoms with van der Waals surface area (Å²) in [7, 11) is 0. The van der Waals surface area contributed by atoms with Crippen molar-refractivity contribution in [3.8, 4) is 0 Å². The van der Waals surface area contributed by atoms with Crippen LogP contribution in [0.3, 0.4) is 0 Å². The number of rotatable bonds is 0. The first kappa shape index (κ1) is 26.6.